The van der Waals surface area contributed by atoms with Gasteiger partial charge in [-0.1, -0.05) is 52.3 Å². The monoisotopic (exact) mass is 483 g/mol. The minimum atomic E-state index is -1.08. The summed E-state index contributed by atoms with van der Waals surface area (Å²) >= 11 is 3.08. The van der Waals surface area contributed by atoms with Gasteiger partial charge in [-0.2, -0.15) is 0 Å². The fourth-order valence-corrected chi connectivity index (χ4v) is 3.92. The van der Waals surface area contributed by atoms with E-state index in [-0.39, 0.29) is 26.9 Å². The van der Waals surface area contributed by atoms with Gasteiger partial charge in [-0.25, -0.2) is 13.6 Å². The van der Waals surface area contributed by atoms with Crippen molar-refractivity contribution in [2.24, 2.45) is 0 Å². The van der Waals surface area contributed by atoms with Crippen LogP contribution in [-0.2, 0) is 0 Å². The van der Waals surface area contributed by atoms with Gasteiger partial charge in [-0.3, -0.25) is 0 Å². The summed E-state index contributed by atoms with van der Waals surface area (Å²) in [6.07, 6.45) is 0. The number of nitrogens with one attached hydrogen (secondary N) is 1. The van der Waals surface area contributed by atoms with Crippen molar-refractivity contribution in [2.45, 2.75) is 6.04 Å². The van der Waals surface area contributed by atoms with Gasteiger partial charge < -0.3 is 15.5 Å². The predicted octanol–water partition coefficient (Wildman–Crippen LogP) is 6.49. The van der Waals surface area contributed by atoms with Crippen molar-refractivity contribution in [3.8, 4) is 5.75 Å². The molecular formula is C24H16BrF2NO3. The molecule has 0 saturated carbocycles. The van der Waals surface area contributed by atoms with Gasteiger partial charge in [-0.05, 0) is 41.8 Å². The maximum Gasteiger partial charge on any atom is 0.335 e. The van der Waals surface area contributed by atoms with Crippen molar-refractivity contribution in [1.82, 2.24) is 0 Å². The van der Waals surface area contributed by atoms with Crippen LogP contribution in [0.5, 0.6) is 5.75 Å². The number of anilines is 1. The first kappa shape index (κ1) is 20.8. The maximum absolute atomic E-state index is 14.9. The number of halogens is 3. The van der Waals surface area contributed by atoms with E-state index < -0.39 is 23.6 Å². The number of phenolic OH excluding ortho intramolecular Hbond substituents is 1. The van der Waals surface area contributed by atoms with Crippen LogP contribution in [0.3, 0.4) is 0 Å². The van der Waals surface area contributed by atoms with Gasteiger partial charge in [0, 0.05) is 21.1 Å². The van der Waals surface area contributed by atoms with E-state index in [0.29, 0.717) is 11.1 Å². The molecule has 4 rings (SSSR count). The molecule has 0 aliphatic rings. The summed E-state index contributed by atoms with van der Waals surface area (Å²) in [5.41, 5.74) is 0.526. The van der Waals surface area contributed by atoms with Gasteiger partial charge in [0.1, 0.15) is 17.4 Å². The Bertz CT molecular complexity index is 1270. The smallest absolute Gasteiger partial charge is 0.335 e. The lowest BCUT2D eigenvalue weighted by Gasteiger charge is -2.24. The zero-order valence-corrected chi connectivity index (χ0v) is 17.5. The van der Waals surface area contributed by atoms with Crippen LogP contribution in [0, 0.1) is 11.6 Å². The molecule has 4 nitrogen and oxygen atoms in total. The van der Waals surface area contributed by atoms with E-state index in [1.807, 2.05) is 12.1 Å². The van der Waals surface area contributed by atoms with E-state index >= 15 is 0 Å². The Labute approximate surface area is 184 Å². The molecule has 0 aliphatic carbocycles. The van der Waals surface area contributed by atoms with Gasteiger partial charge >= 0.3 is 5.97 Å². The summed E-state index contributed by atoms with van der Waals surface area (Å²) in [7, 11) is 0. The average molecular weight is 484 g/mol. The second-order valence-electron chi connectivity index (χ2n) is 6.97. The number of aromatic carboxylic acids is 1. The van der Waals surface area contributed by atoms with Crippen LogP contribution in [0.2, 0.25) is 0 Å². The molecule has 0 radical (unpaired) electrons. The second kappa shape index (κ2) is 8.35. The Balaban J connectivity index is 1.88. The van der Waals surface area contributed by atoms with Crippen LogP contribution >= 0.6 is 15.9 Å². The summed E-state index contributed by atoms with van der Waals surface area (Å²) in [6.45, 7) is 0. The number of hydrogen-bond donors (Lipinski definition) is 3. The molecule has 0 amide bonds. The fraction of sp³-hybridized carbons (Fsp3) is 0.0417. The molecule has 0 saturated heterocycles. The lowest BCUT2D eigenvalue weighted by atomic mass is 9.93. The predicted molar refractivity (Wildman–Crippen MR) is 119 cm³/mol. The van der Waals surface area contributed by atoms with Crippen LogP contribution in [0.15, 0.2) is 77.3 Å². The SMILES string of the molecule is O=C(O)c1ccc(NC(c2ccc3ccccc3c2O)c2c(F)cc(Br)cc2F)cc1. The number of rotatable bonds is 5. The third kappa shape index (κ3) is 4.09. The molecule has 0 fully saturated rings. The molecule has 1 unspecified atom stereocenters. The largest absolute Gasteiger partial charge is 0.507 e. The number of carbonyl (C=O) groups is 1. The summed E-state index contributed by atoms with van der Waals surface area (Å²) in [5, 5.41) is 24.4. The molecule has 1 atom stereocenters. The first-order valence-corrected chi connectivity index (χ1v) is 10.1. The Kier molecular flexibility index (Phi) is 5.61. The standard InChI is InChI=1S/C24H16BrF2NO3/c25-15-11-19(26)21(20(27)12-15)22(28-16-8-5-14(6-9-16)24(30)31)18-10-7-13-3-1-2-4-17(13)23(18)29/h1-12,22,28-29H,(H,30,31). The van der Waals surface area contributed by atoms with Crippen molar-refractivity contribution in [2.75, 3.05) is 5.32 Å². The molecular weight excluding hydrogens is 468 g/mol. The molecule has 0 spiro atoms. The molecule has 31 heavy (non-hydrogen) atoms. The number of carboxylic acid groups (broad SMARTS) is 1. The third-order valence-electron chi connectivity index (χ3n) is 5.02. The van der Waals surface area contributed by atoms with E-state index in [4.69, 9.17) is 5.11 Å². The number of fused-ring (bicyclic) bond motifs is 1. The number of aromatic hydroxyl groups is 1. The molecule has 0 bridgehead atoms. The first-order valence-electron chi connectivity index (χ1n) is 9.30. The molecule has 0 heterocycles. The van der Waals surface area contributed by atoms with Crippen molar-refractivity contribution in [3.05, 3.63) is 106 Å². The fourth-order valence-electron chi connectivity index (χ4n) is 3.52. The first-order chi connectivity index (χ1) is 14.8. The minimum Gasteiger partial charge on any atom is -0.507 e. The maximum atomic E-state index is 14.9. The Morgan fingerprint density at radius 3 is 2.23 bits per heavy atom. The summed E-state index contributed by atoms with van der Waals surface area (Å²) in [4.78, 5) is 11.1. The third-order valence-corrected chi connectivity index (χ3v) is 5.48. The Morgan fingerprint density at radius 2 is 1.58 bits per heavy atom. The van der Waals surface area contributed by atoms with E-state index in [1.165, 1.54) is 24.3 Å². The minimum absolute atomic E-state index is 0.0802. The van der Waals surface area contributed by atoms with Gasteiger partial charge in [0.25, 0.3) is 0 Å². The molecule has 0 aliphatic heterocycles. The molecule has 7 heteroatoms. The molecule has 0 aromatic heterocycles. The highest BCUT2D eigenvalue weighted by Crippen LogP contribution is 2.39. The van der Waals surface area contributed by atoms with E-state index in [9.17, 15) is 18.7 Å². The number of hydrogen-bond acceptors (Lipinski definition) is 3. The van der Waals surface area contributed by atoms with E-state index in [0.717, 1.165) is 17.5 Å². The summed E-state index contributed by atoms with van der Waals surface area (Å²) < 4.78 is 30.0. The average Bonchev–Trinajstić information content (AvgIpc) is 2.73. The number of carboxylic acids is 1. The highest BCUT2D eigenvalue weighted by molar-refractivity contribution is 9.10. The van der Waals surface area contributed by atoms with Crippen molar-refractivity contribution < 1.29 is 23.8 Å². The summed E-state index contributed by atoms with van der Waals surface area (Å²) in [6, 6.07) is 17.5. The van der Waals surface area contributed by atoms with Crippen LogP contribution in [0.25, 0.3) is 10.8 Å². The van der Waals surface area contributed by atoms with Crippen molar-refractivity contribution >= 4 is 38.4 Å². The number of benzene rings is 4. The Morgan fingerprint density at radius 1 is 0.935 bits per heavy atom. The molecule has 4 aromatic carbocycles. The van der Waals surface area contributed by atoms with E-state index in [1.54, 1.807) is 24.3 Å². The Hall–Kier alpha value is -3.45. The van der Waals surface area contributed by atoms with Gasteiger partial charge in [0.2, 0.25) is 0 Å². The normalized spacial score (nSPS) is 12.0. The van der Waals surface area contributed by atoms with Crippen LogP contribution in [0.4, 0.5) is 14.5 Å². The zero-order chi connectivity index (χ0) is 22.1. The van der Waals surface area contributed by atoms with Gasteiger partial charge in [0.15, 0.2) is 0 Å². The summed E-state index contributed by atoms with van der Waals surface area (Å²) in [5.74, 6) is -2.77. The number of phenols is 1. The van der Waals surface area contributed by atoms with Gasteiger partial charge in [-0.15, -0.1) is 0 Å². The highest BCUT2D eigenvalue weighted by Gasteiger charge is 2.26. The van der Waals surface area contributed by atoms with Crippen LogP contribution in [0.1, 0.15) is 27.5 Å². The molecule has 156 valence electrons. The zero-order valence-electron chi connectivity index (χ0n) is 15.9. The quantitative estimate of drug-likeness (QED) is 0.303. The van der Waals surface area contributed by atoms with Crippen LogP contribution in [-0.4, -0.2) is 16.2 Å². The topological polar surface area (TPSA) is 69.6 Å². The lowest BCUT2D eigenvalue weighted by Crippen LogP contribution is -2.16. The molecule has 4 aromatic rings. The van der Waals surface area contributed by atoms with Crippen LogP contribution < -0.4 is 5.32 Å². The molecule has 3 N–H and O–H groups in total. The van der Waals surface area contributed by atoms with Crippen molar-refractivity contribution in [1.29, 1.82) is 0 Å². The van der Waals surface area contributed by atoms with Crippen molar-refractivity contribution in [3.63, 3.8) is 0 Å². The van der Waals surface area contributed by atoms with E-state index in [2.05, 4.69) is 21.2 Å². The van der Waals surface area contributed by atoms with Gasteiger partial charge in [0.05, 0.1) is 17.2 Å². The lowest BCUT2D eigenvalue weighted by molar-refractivity contribution is 0.0697. The second-order valence-corrected chi connectivity index (χ2v) is 7.88. The highest BCUT2D eigenvalue weighted by atomic mass is 79.9.